The molecule has 0 saturated carbocycles. The minimum Gasteiger partial charge on any atom is -0.328 e. The first-order valence-corrected chi connectivity index (χ1v) is 7.01. The molecule has 1 aromatic heterocycles. The largest absolute Gasteiger partial charge is 0.328 e. The molecule has 0 radical (unpaired) electrons. The summed E-state index contributed by atoms with van der Waals surface area (Å²) < 4.78 is 13.6. The minimum atomic E-state index is -0.214. The first-order valence-electron chi connectivity index (χ1n) is 6.19. The van der Waals surface area contributed by atoms with E-state index in [1.807, 2.05) is 26.1 Å². The number of nitrogens with two attached hydrogens (primary N) is 1. The lowest BCUT2D eigenvalue weighted by Crippen LogP contribution is -2.17. The zero-order valence-electron chi connectivity index (χ0n) is 11.1. The van der Waals surface area contributed by atoms with E-state index in [4.69, 9.17) is 5.73 Å². The summed E-state index contributed by atoms with van der Waals surface area (Å²) in [5.74, 6) is -0.214. The molecule has 0 saturated heterocycles. The second-order valence-electron chi connectivity index (χ2n) is 4.68. The van der Waals surface area contributed by atoms with E-state index in [-0.39, 0.29) is 11.9 Å². The molecule has 2 aromatic rings. The number of aromatic nitrogens is 1. The van der Waals surface area contributed by atoms with Crippen LogP contribution in [0.5, 0.6) is 0 Å². The van der Waals surface area contributed by atoms with E-state index in [9.17, 15) is 4.39 Å². The quantitative estimate of drug-likeness (QED) is 0.928. The molecule has 0 fully saturated rings. The normalized spacial score (nSPS) is 12.4. The molecule has 19 heavy (non-hydrogen) atoms. The van der Waals surface area contributed by atoms with Gasteiger partial charge in [-0.25, -0.2) is 9.37 Å². The van der Waals surface area contributed by atoms with Crippen molar-refractivity contribution in [1.82, 2.24) is 4.98 Å². The molecule has 0 aliphatic heterocycles. The van der Waals surface area contributed by atoms with E-state index < -0.39 is 0 Å². The summed E-state index contributed by atoms with van der Waals surface area (Å²) in [6.07, 6.45) is 2.62. The molecule has 1 unspecified atom stereocenters. The highest BCUT2D eigenvalue weighted by Crippen LogP contribution is 2.30. The number of halogens is 1. The van der Waals surface area contributed by atoms with E-state index in [1.54, 1.807) is 12.1 Å². The molecule has 0 amide bonds. The van der Waals surface area contributed by atoms with E-state index >= 15 is 0 Å². The SMILES string of the molecule is Cc1cc(CC(C)N)cnc1Sc1ccccc1F. The first-order chi connectivity index (χ1) is 9.06. The number of pyridine rings is 1. The van der Waals surface area contributed by atoms with Crippen molar-refractivity contribution in [3.63, 3.8) is 0 Å². The first kappa shape index (κ1) is 14.0. The Hall–Kier alpha value is -1.39. The third-order valence-corrected chi connectivity index (χ3v) is 3.86. The van der Waals surface area contributed by atoms with Crippen molar-refractivity contribution < 1.29 is 4.39 Å². The lowest BCUT2D eigenvalue weighted by Gasteiger charge is -2.09. The highest BCUT2D eigenvalue weighted by molar-refractivity contribution is 7.99. The summed E-state index contributed by atoms with van der Waals surface area (Å²) in [4.78, 5) is 5.00. The highest BCUT2D eigenvalue weighted by atomic mass is 32.2. The van der Waals surface area contributed by atoms with Gasteiger partial charge in [-0.1, -0.05) is 30.0 Å². The van der Waals surface area contributed by atoms with Crippen molar-refractivity contribution in [2.75, 3.05) is 0 Å². The molecule has 0 aliphatic rings. The zero-order valence-corrected chi connectivity index (χ0v) is 11.9. The molecule has 1 heterocycles. The van der Waals surface area contributed by atoms with E-state index in [0.717, 1.165) is 22.6 Å². The molecule has 2 nitrogen and oxygen atoms in total. The van der Waals surface area contributed by atoms with Crippen molar-refractivity contribution in [2.24, 2.45) is 5.73 Å². The predicted octanol–water partition coefficient (Wildman–Crippen LogP) is 3.57. The molecular formula is C15H17FN2S. The molecular weight excluding hydrogens is 259 g/mol. The predicted molar refractivity (Wildman–Crippen MR) is 76.9 cm³/mol. The maximum absolute atomic E-state index is 13.6. The summed E-state index contributed by atoms with van der Waals surface area (Å²) in [6, 6.07) is 8.92. The molecule has 1 aromatic carbocycles. The number of aryl methyl sites for hydroxylation is 1. The Labute approximate surface area is 117 Å². The van der Waals surface area contributed by atoms with Crippen LogP contribution >= 0.6 is 11.8 Å². The number of hydrogen-bond acceptors (Lipinski definition) is 3. The standard InChI is InChI=1S/C15H17FN2S/c1-10-7-12(8-11(2)17)9-18-15(10)19-14-6-4-3-5-13(14)16/h3-7,9,11H,8,17H2,1-2H3. The van der Waals surface area contributed by atoms with Crippen molar-refractivity contribution in [3.8, 4) is 0 Å². The lowest BCUT2D eigenvalue weighted by atomic mass is 10.1. The molecule has 0 spiro atoms. The van der Waals surface area contributed by atoms with Gasteiger partial charge in [-0.15, -0.1) is 0 Å². The Balaban J connectivity index is 2.20. The van der Waals surface area contributed by atoms with Crippen molar-refractivity contribution >= 4 is 11.8 Å². The van der Waals surface area contributed by atoms with Gasteiger partial charge in [0.05, 0.1) is 0 Å². The molecule has 2 rings (SSSR count). The van der Waals surface area contributed by atoms with Crippen molar-refractivity contribution in [3.05, 3.63) is 53.5 Å². The van der Waals surface area contributed by atoms with Crippen LogP contribution < -0.4 is 5.73 Å². The smallest absolute Gasteiger partial charge is 0.137 e. The van der Waals surface area contributed by atoms with Crippen LogP contribution in [0.3, 0.4) is 0 Å². The topological polar surface area (TPSA) is 38.9 Å². The maximum Gasteiger partial charge on any atom is 0.137 e. The summed E-state index contributed by atoms with van der Waals surface area (Å²) >= 11 is 1.35. The van der Waals surface area contributed by atoms with Gasteiger partial charge in [0.15, 0.2) is 0 Å². The van der Waals surface area contributed by atoms with Crippen LogP contribution in [0.1, 0.15) is 18.1 Å². The fourth-order valence-corrected chi connectivity index (χ4v) is 2.69. The average molecular weight is 276 g/mol. The van der Waals surface area contributed by atoms with Gasteiger partial charge in [-0.05, 0) is 43.5 Å². The number of benzene rings is 1. The van der Waals surface area contributed by atoms with E-state index in [2.05, 4.69) is 11.1 Å². The Morgan fingerprint density at radius 2 is 2.11 bits per heavy atom. The molecule has 100 valence electrons. The van der Waals surface area contributed by atoms with Crippen molar-refractivity contribution in [2.45, 2.75) is 36.2 Å². The van der Waals surface area contributed by atoms with Crippen molar-refractivity contribution in [1.29, 1.82) is 0 Å². The monoisotopic (exact) mass is 276 g/mol. The van der Waals surface area contributed by atoms with Gasteiger partial charge in [0.2, 0.25) is 0 Å². The van der Waals surface area contributed by atoms with Crippen LogP contribution in [0.25, 0.3) is 0 Å². The molecule has 2 N–H and O–H groups in total. The van der Waals surface area contributed by atoms with Crippen LogP contribution in [0, 0.1) is 12.7 Å². The van der Waals surface area contributed by atoms with Gasteiger partial charge in [0.25, 0.3) is 0 Å². The van der Waals surface area contributed by atoms with Crippen LogP contribution in [0.15, 0.2) is 46.5 Å². The average Bonchev–Trinajstić information content (AvgIpc) is 2.34. The Kier molecular flexibility index (Phi) is 4.56. The van der Waals surface area contributed by atoms with Gasteiger partial charge in [-0.2, -0.15) is 0 Å². The number of nitrogens with zero attached hydrogens (tertiary/aromatic N) is 1. The Morgan fingerprint density at radius 3 is 2.74 bits per heavy atom. The van der Waals surface area contributed by atoms with E-state index in [1.165, 1.54) is 17.8 Å². The third-order valence-electron chi connectivity index (χ3n) is 2.69. The highest BCUT2D eigenvalue weighted by Gasteiger charge is 2.08. The molecule has 0 bridgehead atoms. The fourth-order valence-electron chi connectivity index (χ4n) is 1.84. The van der Waals surface area contributed by atoms with E-state index in [0.29, 0.717) is 4.90 Å². The second-order valence-corrected chi connectivity index (χ2v) is 5.71. The second kappa shape index (κ2) is 6.17. The number of hydrogen-bond donors (Lipinski definition) is 1. The van der Waals surface area contributed by atoms with Gasteiger partial charge < -0.3 is 5.73 Å². The van der Waals surface area contributed by atoms with Crippen LogP contribution in [-0.4, -0.2) is 11.0 Å². The summed E-state index contributed by atoms with van der Waals surface area (Å²) in [6.45, 7) is 3.96. The van der Waals surface area contributed by atoms with Gasteiger partial charge >= 0.3 is 0 Å². The molecule has 1 atom stereocenters. The third kappa shape index (κ3) is 3.78. The lowest BCUT2D eigenvalue weighted by molar-refractivity contribution is 0.602. The zero-order chi connectivity index (χ0) is 13.8. The maximum atomic E-state index is 13.6. The molecule has 4 heteroatoms. The Bertz CT molecular complexity index is 570. The van der Waals surface area contributed by atoms with Gasteiger partial charge in [0.1, 0.15) is 10.8 Å². The van der Waals surface area contributed by atoms with Crippen LogP contribution in [0.4, 0.5) is 4.39 Å². The number of rotatable bonds is 4. The molecule has 0 aliphatic carbocycles. The fraction of sp³-hybridized carbons (Fsp3) is 0.267. The minimum absolute atomic E-state index is 0.117. The Morgan fingerprint density at radius 1 is 1.37 bits per heavy atom. The van der Waals surface area contributed by atoms with Crippen LogP contribution in [0.2, 0.25) is 0 Å². The van der Waals surface area contributed by atoms with Gasteiger partial charge in [-0.3, -0.25) is 0 Å². The summed E-state index contributed by atoms with van der Waals surface area (Å²) in [5, 5.41) is 0.832. The summed E-state index contributed by atoms with van der Waals surface area (Å²) in [7, 11) is 0. The summed E-state index contributed by atoms with van der Waals surface area (Å²) in [5.41, 5.74) is 7.94. The van der Waals surface area contributed by atoms with Crippen LogP contribution in [-0.2, 0) is 6.42 Å². The van der Waals surface area contributed by atoms with Gasteiger partial charge in [0, 0.05) is 17.1 Å².